The molecule has 2 aromatic carbocycles. The Labute approximate surface area is 165 Å². The van der Waals surface area contributed by atoms with Crippen LogP contribution in [0, 0.1) is 0 Å². The van der Waals surface area contributed by atoms with Gasteiger partial charge >= 0.3 is 0 Å². The third-order valence-electron chi connectivity index (χ3n) is 4.80. The highest BCUT2D eigenvalue weighted by Crippen LogP contribution is 2.23. The first-order valence-corrected chi connectivity index (χ1v) is 9.58. The summed E-state index contributed by atoms with van der Waals surface area (Å²) in [6, 6.07) is 21.4. The summed E-state index contributed by atoms with van der Waals surface area (Å²) >= 11 is 0. The molecule has 4 rings (SSSR count). The fourth-order valence-electron chi connectivity index (χ4n) is 3.28. The van der Waals surface area contributed by atoms with E-state index in [4.69, 9.17) is 4.74 Å². The molecule has 0 saturated carbocycles. The average Bonchev–Trinajstić information content (AvgIpc) is 3.29. The Bertz CT molecular complexity index is 920. The minimum absolute atomic E-state index is 0.0379. The summed E-state index contributed by atoms with van der Waals surface area (Å²) in [5, 5.41) is 3.26. The molecule has 0 atom stereocenters. The molecule has 5 heteroatoms. The minimum atomic E-state index is 0.0379. The van der Waals surface area contributed by atoms with Gasteiger partial charge in [-0.25, -0.2) is 4.98 Å². The molecule has 0 bridgehead atoms. The molecule has 0 aliphatic carbocycles. The van der Waals surface area contributed by atoms with Crippen molar-refractivity contribution in [1.82, 2.24) is 9.88 Å². The first-order valence-electron chi connectivity index (χ1n) is 9.58. The van der Waals surface area contributed by atoms with Gasteiger partial charge in [0.25, 0.3) is 5.91 Å². The summed E-state index contributed by atoms with van der Waals surface area (Å²) in [5.74, 6) is 1.41. The quantitative estimate of drug-likeness (QED) is 0.684. The van der Waals surface area contributed by atoms with Crippen molar-refractivity contribution in [1.29, 1.82) is 0 Å². The second-order valence-corrected chi connectivity index (χ2v) is 6.82. The molecule has 1 N–H and O–H groups in total. The van der Waals surface area contributed by atoms with E-state index in [0.717, 1.165) is 42.9 Å². The van der Waals surface area contributed by atoms with E-state index in [9.17, 15) is 4.79 Å². The molecule has 5 nitrogen and oxygen atoms in total. The number of pyridine rings is 1. The van der Waals surface area contributed by atoms with Crippen molar-refractivity contribution in [2.45, 2.75) is 19.4 Å². The van der Waals surface area contributed by atoms with Crippen molar-refractivity contribution < 1.29 is 9.53 Å². The maximum Gasteiger partial charge on any atom is 0.257 e. The Morgan fingerprint density at radius 2 is 1.71 bits per heavy atom. The lowest BCUT2D eigenvalue weighted by Crippen LogP contribution is -2.28. The summed E-state index contributed by atoms with van der Waals surface area (Å²) < 4.78 is 5.82. The van der Waals surface area contributed by atoms with Gasteiger partial charge in [-0.3, -0.25) is 4.79 Å². The summed E-state index contributed by atoms with van der Waals surface area (Å²) in [7, 11) is 0. The first kappa shape index (κ1) is 18.0. The molecule has 3 aromatic rings. The van der Waals surface area contributed by atoms with Crippen LogP contribution in [-0.4, -0.2) is 28.9 Å². The van der Waals surface area contributed by atoms with Crippen molar-refractivity contribution in [3.05, 3.63) is 84.1 Å². The van der Waals surface area contributed by atoms with Crippen molar-refractivity contribution in [2.75, 3.05) is 18.4 Å². The second-order valence-electron chi connectivity index (χ2n) is 6.82. The number of carbonyl (C=O) groups excluding carboxylic acids is 1. The van der Waals surface area contributed by atoms with Gasteiger partial charge < -0.3 is 15.0 Å². The SMILES string of the molecule is O=C(c1cccnc1Nc1ccc(OCc2ccccc2)cc1)N1CCCC1. The van der Waals surface area contributed by atoms with Crippen molar-refractivity contribution in [3.63, 3.8) is 0 Å². The highest BCUT2D eigenvalue weighted by molar-refractivity contribution is 5.99. The molecular weight excluding hydrogens is 350 g/mol. The zero-order chi connectivity index (χ0) is 19.2. The summed E-state index contributed by atoms with van der Waals surface area (Å²) in [5.41, 5.74) is 2.60. The Morgan fingerprint density at radius 1 is 0.964 bits per heavy atom. The number of ether oxygens (including phenoxy) is 1. The minimum Gasteiger partial charge on any atom is -0.489 e. The molecule has 0 unspecified atom stereocenters. The number of aromatic nitrogens is 1. The van der Waals surface area contributed by atoms with Gasteiger partial charge in [-0.15, -0.1) is 0 Å². The van der Waals surface area contributed by atoms with E-state index < -0.39 is 0 Å². The maximum absolute atomic E-state index is 12.8. The Hall–Kier alpha value is -3.34. The van der Waals surface area contributed by atoms with Gasteiger partial charge in [0.05, 0.1) is 5.56 Å². The summed E-state index contributed by atoms with van der Waals surface area (Å²) in [4.78, 5) is 19.0. The number of hydrogen-bond acceptors (Lipinski definition) is 4. The van der Waals surface area contributed by atoms with Crippen LogP contribution in [0.4, 0.5) is 11.5 Å². The number of anilines is 2. The molecule has 0 spiro atoms. The molecular formula is C23H23N3O2. The van der Waals surface area contributed by atoms with Crippen molar-refractivity contribution in [2.24, 2.45) is 0 Å². The third-order valence-corrected chi connectivity index (χ3v) is 4.80. The Morgan fingerprint density at radius 3 is 2.46 bits per heavy atom. The van der Waals surface area contributed by atoms with Gasteiger partial charge in [0, 0.05) is 25.0 Å². The van der Waals surface area contributed by atoms with Gasteiger partial charge in [0.1, 0.15) is 18.2 Å². The molecule has 1 aliphatic heterocycles. The number of likely N-dealkylation sites (tertiary alicyclic amines) is 1. The highest BCUT2D eigenvalue weighted by atomic mass is 16.5. The van der Waals surface area contributed by atoms with Crippen molar-refractivity contribution >= 4 is 17.4 Å². The Balaban J connectivity index is 1.42. The standard InChI is InChI=1S/C23H23N3O2/c27-23(26-15-4-5-16-26)21-9-6-14-24-22(21)25-19-10-12-20(13-11-19)28-17-18-7-2-1-3-8-18/h1-3,6-14H,4-5,15-17H2,(H,24,25). The first-order chi connectivity index (χ1) is 13.8. The van der Waals surface area contributed by atoms with E-state index in [0.29, 0.717) is 18.0 Å². The smallest absolute Gasteiger partial charge is 0.257 e. The zero-order valence-corrected chi connectivity index (χ0v) is 15.7. The molecule has 1 aliphatic rings. The van der Waals surface area contributed by atoms with Crippen LogP contribution in [0.5, 0.6) is 5.75 Å². The van der Waals surface area contributed by atoms with Crippen LogP contribution >= 0.6 is 0 Å². The molecule has 1 saturated heterocycles. The number of nitrogens with zero attached hydrogens (tertiary/aromatic N) is 2. The summed E-state index contributed by atoms with van der Waals surface area (Å²) in [6.07, 6.45) is 3.83. The van der Waals surface area contributed by atoms with Crippen LogP contribution in [0.15, 0.2) is 72.9 Å². The third kappa shape index (κ3) is 4.31. The molecule has 1 aromatic heterocycles. The number of hydrogen-bond donors (Lipinski definition) is 1. The fraction of sp³-hybridized carbons (Fsp3) is 0.217. The second kappa shape index (κ2) is 8.57. The molecule has 1 amide bonds. The maximum atomic E-state index is 12.8. The summed E-state index contributed by atoms with van der Waals surface area (Å²) in [6.45, 7) is 2.17. The largest absolute Gasteiger partial charge is 0.489 e. The predicted octanol–water partition coefficient (Wildman–Crippen LogP) is 4.64. The number of rotatable bonds is 6. The van der Waals surface area contributed by atoms with Crippen molar-refractivity contribution in [3.8, 4) is 5.75 Å². The van der Waals surface area contributed by atoms with E-state index in [1.54, 1.807) is 12.3 Å². The van der Waals surface area contributed by atoms with E-state index in [2.05, 4.69) is 10.3 Å². The molecule has 2 heterocycles. The molecule has 1 fully saturated rings. The van der Waals surface area contributed by atoms with E-state index in [-0.39, 0.29) is 5.91 Å². The van der Waals surface area contributed by atoms with Gasteiger partial charge in [-0.2, -0.15) is 0 Å². The lowest BCUT2D eigenvalue weighted by Gasteiger charge is -2.17. The predicted molar refractivity (Wildman–Crippen MR) is 110 cm³/mol. The number of nitrogens with one attached hydrogen (secondary N) is 1. The topological polar surface area (TPSA) is 54.5 Å². The van der Waals surface area contributed by atoms with E-state index in [1.807, 2.05) is 65.6 Å². The van der Waals surface area contributed by atoms with Crippen LogP contribution in [0.25, 0.3) is 0 Å². The molecule has 0 radical (unpaired) electrons. The van der Waals surface area contributed by atoms with Gasteiger partial charge in [-0.1, -0.05) is 30.3 Å². The number of amides is 1. The zero-order valence-electron chi connectivity index (χ0n) is 15.7. The van der Waals surface area contributed by atoms with E-state index >= 15 is 0 Å². The van der Waals surface area contributed by atoms with Crippen LogP contribution in [0.2, 0.25) is 0 Å². The van der Waals surface area contributed by atoms with Crippen LogP contribution in [0.1, 0.15) is 28.8 Å². The number of carbonyl (C=O) groups is 1. The molecule has 142 valence electrons. The van der Waals surface area contributed by atoms with Gasteiger partial charge in [-0.05, 0) is 54.8 Å². The highest BCUT2D eigenvalue weighted by Gasteiger charge is 2.22. The molecule has 28 heavy (non-hydrogen) atoms. The fourth-order valence-corrected chi connectivity index (χ4v) is 3.28. The van der Waals surface area contributed by atoms with Crippen LogP contribution in [0.3, 0.4) is 0 Å². The van der Waals surface area contributed by atoms with Gasteiger partial charge in [0.2, 0.25) is 0 Å². The Kier molecular flexibility index (Phi) is 5.52. The normalized spacial score (nSPS) is 13.4. The monoisotopic (exact) mass is 373 g/mol. The average molecular weight is 373 g/mol. The van der Waals surface area contributed by atoms with E-state index in [1.165, 1.54) is 0 Å². The van der Waals surface area contributed by atoms with Crippen LogP contribution in [-0.2, 0) is 6.61 Å². The van der Waals surface area contributed by atoms with Gasteiger partial charge in [0.15, 0.2) is 0 Å². The number of benzene rings is 2. The lowest BCUT2D eigenvalue weighted by atomic mass is 10.2. The van der Waals surface area contributed by atoms with Crippen LogP contribution < -0.4 is 10.1 Å². The lowest BCUT2D eigenvalue weighted by molar-refractivity contribution is 0.0793.